The highest BCUT2D eigenvalue weighted by atomic mass is 28.2. The second-order valence-corrected chi connectivity index (χ2v) is 6.44. The van der Waals surface area contributed by atoms with Gasteiger partial charge in [-0.05, 0) is 45.4 Å². The van der Waals surface area contributed by atoms with Crippen LogP contribution < -0.4 is 0 Å². The molecule has 1 atom stereocenters. The van der Waals surface area contributed by atoms with E-state index in [1.807, 2.05) is 0 Å². The van der Waals surface area contributed by atoms with Gasteiger partial charge in [-0.15, -0.1) is 0 Å². The largest absolute Gasteiger partial charge is 0.463 e. The normalized spacial score (nSPS) is 20.4. The van der Waals surface area contributed by atoms with Gasteiger partial charge in [0.05, 0.1) is 12.3 Å². The Morgan fingerprint density at radius 3 is 2.89 bits per heavy atom. The molecule has 1 unspecified atom stereocenters. The van der Waals surface area contributed by atoms with Crippen LogP contribution >= 0.6 is 0 Å². The lowest BCUT2D eigenvalue weighted by Gasteiger charge is -2.21. The van der Waals surface area contributed by atoms with Gasteiger partial charge < -0.3 is 13.9 Å². The first-order chi connectivity index (χ1) is 9.33. The van der Waals surface area contributed by atoms with Gasteiger partial charge in [0.1, 0.15) is 0 Å². The smallest absolute Gasteiger partial charge is 0.330 e. The van der Waals surface area contributed by atoms with Gasteiger partial charge in [-0.1, -0.05) is 6.08 Å². The SMILES string of the molecule is CC=CC(=O)OCCCCCO[SiH2]C1CCCCO1. The van der Waals surface area contributed by atoms with E-state index in [0.29, 0.717) is 12.3 Å². The number of unbranched alkanes of at least 4 members (excludes halogenated alkanes) is 2. The van der Waals surface area contributed by atoms with E-state index in [-0.39, 0.29) is 5.97 Å². The highest BCUT2D eigenvalue weighted by molar-refractivity contribution is 6.29. The van der Waals surface area contributed by atoms with Crippen LogP contribution in [0.1, 0.15) is 45.4 Å². The van der Waals surface area contributed by atoms with Gasteiger partial charge in [0.2, 0.25) is 0 Å². The fourth-order valence-electron chi connectivity index (χ4n) is 1.99. The molecule has 0 aromatic carbocycles. The van der Waals surface area contributed by atoms with Crippen LogP contribution in [0.25, 0.3) is 0 Å². The predicted octanol–water partition coefficient (Wildman–Crippen LogP) is 1.90. The zero-order valence-electron chi connectivity index (χ0n) is 11.9. The zero-order chi connectivity index (χ0) is 13.8. The van der Waals surface area contributed by atoms with Crippen LogP contribution in [0, 0.1) is 0 Å². The number of esters is 1. The number of ether oxygens (including phenoxy) is 2. The van der Waals surface area contributed by atoms with E-state index in [4.69, 9.17) is 13.9 Å². The summed E-state index contributed by atoms with van der Waals surface area (Å²) in [6.07, 6.45) is 9.81. The first-order valence-corrected chi connectivity index (χ1v) is 8.71. The zero-order valence-corrected chi connectivity index (χ0v) is 13.4. The summed E-state index contributed by atoms with van der Waals surface area (Å²) in [6, 6.07) is 0. The molecule has 1 saturated heterocycles. The summed E-state index contributed by atoms with van der Waals surface area (Å²) in [6.45, 7) is 4.05. The summed E-state index contributed by atoms with van der Waals surface area (Å²) >= 11 is 0. The van der Waals surface area contributed by atoms with Crippen molar-refractivity contribution in [3.05, 3.63) is 12.2 Å². The third-order valence-electron chi connectivity index (χ3n) is 3.06. The van der Waals surface area contributed by atoms with Crippen LogP contribution in [-0.4, -0.2) is 41.3 Å². The summed E-state index contributed by atoms with van der Waals surface area (Å²) < 4.78 is 16.4. The molecular weight excluding hydrogens is 260 g/mol. The van der Waals surface area contributed by atoms with Crippen LogP contribution in [0.2, 0.25) is 0 Å². The molecule has 0 saturated carbocycles. The van der Waals surface area contributed by atoms with Crippen molar-refractivity contribution in [2.75, 3.05) is 19.8 Å². The highest BCUT2D eigenvalue weighted by Gasteiger charge is 2.14. The summed E-state index contributed by atoms with van der Waals surface area (Å²) in [5, 5.41) is 0. The van der Waals surface area contributed by atoms with E-state index in [0.717, 1.165) is 32.5 Å². The molecule has 0 radical (unpaired) electrons. The van der Waals surface area contributed by atoms with Gasteiger partial charge in [-0.3, -0.25) is 0 Å². The van der Waals surface area contributed by atoms with Crippen molar-refractivity contribution in [1.82, 2.24) is 0 Å². The molecular formula is C14H26O4Si. The number of carbonyl (C=O) groups is 1. The van der Waals surface area contributed by atoms with Gasteiger partial charge in [-0.2, -0.15) is 0 Å². The third kappa shape index (κ3) is 8.97. The van der Waals surface area contributed by atoms with E-state index in [1.165, 1.54) is 25.3 Å². The first kappa shape index (κ1) is 16.4. The van der Waals surface area contributed by atoms with Crippen LogP contribution in [0.15, 0.2) is 12.2 Å². The molecule has 0 aromatic heterocycles. The summed E-state index contributed by atoms with van der Waals surface area (Å²) in [7, 11) is -0.510. The monoisotopic (exact) mass is 286 g/mol. The number of carbonyl (C=O) groups excluding carboxylic acids is 1. The predicted molar refractivity (Wildman–Crippen MR) is 77.7 cm³/mol. The lowest BCUT2D eigenvalue weighted by molar-refractivity contribution is -0.137. The van der Waals surface area contributed by atoms with Crippen molar-refractivity contribution in [1.29, 1.82) is 0 Å². The standard InChI is InChI=1S/C14H26O4Si/c1-2-8-13(15)16-10-5-3-6-12-18-19-14-9-4-7-11-17-14/h2,8,14H,3-7,9-12,19H2,1H3. The molecule has 0 N–H and O–H groups in total. The topological polar surface area (TPSA) is 44.8 Å². The van der Waals surface area contributed by atoms with Crippen molar-refractivity contribution >= 4 is 15.7 Å². The third-order valence-corrected chi connectivity index (χ3v) is 4.60. The van der Waals surface area contributed by atoms with E-state index in [2.05, 4.69) is 0 Å². The average molecular weight is 286 g/mol. The van der Waals surface area contributed by atoms with Crippen molar-refractivity contribution in [2.24, 2.45) is 0 Å². The second-order valence-electron chi connectivity index (χ2n) is 4.79. The van der Waals surface area contributed by atoms with Gasteiger partial charge >= 0.3 is 5.97 Å². The maximum Gasteiger partial charge on any atom is 0.330 e. The molecule has 110 valence electrons. The number of hydrogen-bond donors (Lipinski definition) is 0. The minimum Gasteiger partial charge on any atom is -0.463 e. The van der Waals surface area contributed by atoms with Crippen LogP contribution in [0.4, 0.5) is 0 Å². The van der Waals surface area contributed by atoms with Crippen molar-refractivity contribution < 1.29 is 18.7 Å². The van der Waals surface area contributed by atoms with Crippen LogP contribution in [0.3, 0.4) is 0 Å². The number of allylic oxidation sites excluding steroid dienone is 1. The minimum absolute atomic E-state index is 0.249. The summed E-state index contributed by atoms with van der Waals surface area (Å²) in [4.78, 5) is 11.0. The molecule has 0 amide bonds. The Balaban J connectivity index is 1.82. The molecule has 19 heavy (non-hydrogen) atoms. The molecule has 1 rings (SSSR count). The Labute approximate surface area is 118 Å². The van der Waals surface area contributed by atoms with E-state index >= 15 is 0 Å². The van der Waals surface area contributed by atoms with Gasteiger partial charge in [0.25, 0.3) is 0 Å². The quantitative estimate of drug-likeness (QED) is 0.281. The van der Waals surface area contributed by atoms with Gasteiger partial charge in [0, 0.05) is 19.3 Å². The molecule has 0 bridgehead atoms. The summed E-state index contributed by atoms with van der Waals surface area (Å²) in [5.74, 6) is -0.249. The molecule has 1 fully saturated rings. The van der Waals surface area contributed by atoms with Gasteiger partial charge in [-0.25, -0.2) is 4.79 Å². The molecule has 0 aliphatic carbocycles. The second kappa shape index (κ2) is 11.2. The first-order valence-electron chi connectivity index (χ1n) is 7.31. The Morgan fingerprint density at radius 1 is 1.32 bits per heavy atom. The van der Waals surface area contributed by atoms with E-state index in [1.54, 1.807) is 13.0 Å². The number of hydrogen-bond acceptors (Lipinski definition) is 4. The minimum atomic E-state index is -0.510. The maximum absolute atomic E-state index is 11.0. The van der Waals surface area contributed by atoms with E-state index < -0.39 is 9.76 Å². The Hall–Kier alpha value is -0.653. The molecule has 1 aliphatic rings. The van der Waals surface area contributed by atoms with Gasteiger partial charge in [0.15, 0.2) is 9.76 Å². The Kier molecular flexibility index (Phi) is 9.67. The molecule has 0 aromatic rings. The van der Waals surface area contributed by atoms with E-state index in [9.17, 15) is 4.79 Å². The van der Waals surface area contributed by atoms with Crippen LogP contribution in [-0.2, 0) is 18.7 Å². The highest BCUT2D eigenvalue weighted by Crippen LogP contribution is 2.11. The Morgan fingerprint density at radius 2 is 2.16 bits per heavy atom. The van der Waals surface area contributed by atoms with Crippen molar-refractivity contribution in [3.63, 3.8) is 0 Å². The fraction of sp³-hybridized carbons (Fsp3) is 0.786. The molecule has 5 heteroatoms. The molecule has 0 spiro atoms. The maximum atomic E-state index is 11.0. The molecule has 1 aliphatic heterocycles. The Bertz CT molecular complexity index is 262. The van der Waals surface area contributed by atoms with Crippen molar-refractivity contribution in [3.8, 4) is 0 Å². The molecule has 4 nitrogen and oxygen atoms in total. The lowest BCUT2D eigenvalue weighted by Crippen LogP contribution is -2.27. The summed E-state index contributed by atoms with van der Waals surface area (Å²) in [5.41, 5.74) is 0.440. The fourth-order valence-corrected chi connectivity index (χ4v) is 3.35. The average Bonchev–Trinajstić information content (AvgIpc) is 2.43. The van der Waals surface area contributed by atoms with Crippen molar-refractivity contribution in [2.45, 2.75) is 51.2 Å². The number of rotatable bonds is 9. The lowest BCUT2D eigenvalue weighted by atomic mass is 10.2. The molecule has 1 heterocycles. The van der Waals surface area contributed by atoms with Crippen LogP contribution in [0.5, 0.6) is 0 Å².